The lowest BCUT2D eigenvalue weighted by molar-refractivity contribution is -0.193. The first-order valence-electron chi connectivity index (χ1n) is 14.0. The number of carbonyl (C=O) groups is 2. The maximum absolute atomic E-state index is 15.8. The lowest BCUT2D eigenvalue weighted by Gasteiger charge is -2.22. The number of nitrogens with zero attached hydrogens (tertiary/aromatic N) is 2. The SMILES string of the molecule is CCOc1cc(CC)cc(C(Nc2ccc3c(N)nccc3c2)c2ncc(-c3ccoc3)[nH]2)c1F.O=C(O)C(F)(F)F.O=C(O)C(F)(F)F. The Morgan fingerprint density at radius 2 is 1.65 bits per heavy atom. The molecule has 0 aliphatic rings. The standard InChI is InChI=1S/C27H26FN5O2.2C2HF3O2/c1-3-16-11-21(24(28)23(12-16)35-4-2)25(27-31-14-22(33-27)18-8-10-34-15-18)32-19-5-6-20-17(13-19)7-9-30-26(20)29;2*3-2(4,5)1(6)7/h5-15,25,32H,3-4H2,1-2H3,(H2,29,30)(H,31,33);2*(H,6,7). The van der Waals surface area contributed by atoms with Crippen molar-refractivity contribution in [1.29, 1.82) is 0 Å². The zero-order valence-electron chi connectivity index (χ0n) is 25.5. The highest BCUT2D eigenvalue weighted by Gasteiger charge is 2.39. The highest BCUT2D eigenvalue weighted by Crippen LogP contribution is 2.35. The van der Waals surface area contributed by atoms with Crippen molar-refractivity contribution in [3.63, 3.8) is 0 Å². The van der Waals surface area contributed by atoms with Crippen molar-refractivity contribution < 1.29 is 59.7 Å². The fraction of sp³-hybridized carbons (Fsp3) is 0.226. The molecule has 0 amide bonds. The number of H-pyrrole nitrogens is 1. The molecule has 5 aromatic rings. The number of hydrogen-bond acceptors (Lipinski definition) is 8. The number of nitrogen functional groups attached to an aromatic ring is 1. The van der Waals surface area contributed by atoms with Gasteiger partial charge in [0.2, 0.25) is 0 Å². The van der Waals surface area contributed by atoms with E-state index in [-0.39, 0.29) is 5.75 Å². The number of benzene rings is 2. The van der Waals surface area contributed by atoms with Crippen molar-refractivity contribution in [1.82, 2.24) is 15.0 Å². The van der Waals surface area contributed by atoms with E-state index < -0.39 is 36.2 Å². The molecule has 3 aromatic heterocycles. The van der Waals surface area contributed by atoms with Crippen molar-refractivity contribution in [2.75, 3.05) is 17.7 Å². The summed E-state index contributed by atoms with van der Waals surface area (Å²) in [6, 6.07) is 12.5. The van der Waals surface area contributed by atoms with Gasteiger partial charge < -0.3 is 35.4 Å². The number of halogens is 7. The second-order valence-electron chi connectivity index (χ2n) is 9.79. The van der Waals surface area contributed by atoms with E-state index in [1.807, 2.05) is 50.2 Å². The van der Waals surface area contributed by atoms with Gasteiger partial charge in [0.25, 0.3) is 0 Å². The van der Waals surface area contributed by atoms with Gasteiger partial charge in [-0.15, -0.1) is 0 Å². The molecule has 2 aromatic carbocycles. The van der Waals surface area contributed by atoms with Gasteiger partial charge in [-0.25, -0.2) is 23.9 Å². The number of aromatic amines is 1. The van der Waals surface area contributed by atoms with E-state index in [1.165, 1.54) is 0 Å². The van der Waals surface area contributed by atoms with E-state index in [4.69, 9.17) is 34.7 Å². The minimum Gasteiger partial charge on any atom is -0.491 e. The number of aliphatic carboxylic acids is 2. The Balaban J connectivity index is 0.000000392. The van der Waals surface area contributed by atoms with Crippen LogP contribution in [0.2, 0.25) is 0 Å². The number of rotatable bonds is 8. The number of nitrogens with one attached hydrogen (secondary N) is 2. The van der Waals surface area contributed by atoms with Crippen molar-refractivity contribution in [3.8, 4) is 17.0 Å². The topological polar surface area (TPSA) is 177 Å². The van der Waals surface area contributed by atoms with E-state index in [0.717, 1.165) is 39.7 Å². The number of alkyl halides is 6. The van der Waals surface area contributed by atoms with Crippen molar-refractivity contribution >= 4 is 34.2 Å². The number of furan rings is 1. The van der Waals surface area contributed by atoms with Crippen LogP contribution in [-0.4, -0.2) is 56.1 Å². The molecule has 49 heavy (non-hydrogen) atoms. The number of imidazole rings is 1. The van der Waals surface area contributed by atoms with E-state index in [1.54, 1.807) is 31.0 Å². The molecule has 0 saturated carbocycles. The summed E-state index contributed by atoms with van der Waals surface area (Å²) in [5.41, 5.74) is 9.84. The van der Waals surface area contributed by atoms with Gasteiger partial charge in [-0.2, -0.15) is 26.3 Å². The second-order valence-corrected chi connectivity index (χ2v) is 9.79. The zero-order chi connectivity index (χ0) is 36.5. The molecule has 0 aliphatic carbocycles. The van der Waals surface area contributed by atoms with Crippen molar-refractivity contribution in [2.45, 2.75) is 38.7 Å². The molecule has 0 bridgehead atoms. The number of aryl methyl sites for hydroxylation is 1. The van der Waals surface area contributed by atoms with Crippen LogP contribution in [0.3, 0.4) is 0 Å². The van der Waals surface area contributed by atoms with Gasteiger partial charge in [-0.1, -0.05) is 13.0 Å². The first-order valence-corrected chi connectivity index (χ1v) is 14.0. The minimum absolute atomic E-state index is 0.229. The van der Waals surface area contributed by atoms with Crippen LogP contribution in [0, 0.1) is 5.82 Å². The van der Waals surface area contributed by atoms with Gasteiger partial charge in [0.05, 0.1) is 31.0 Å². The maximum atomic E-state index is 15.8. The summed E-state index contributed by atoms with van der Waals surface area (Å²) in [6.07, 6.45) is -2.82. The Labute approximate surface area is 272 Å². The van der Waals surface area contributed by atoms with E-state index in [0.29, 0.717) is 23.8 Å². The van der Waals surface area contributed by atoms with Gasteiger partial charge in [0, 0.05) is 28.4 Å². The third kappa shape index (κ3) is 10.1. The fourth-order valence-corrected chi connectivity index (χ4v) is 4.15. The quantitative estimate of drug-likeness (QED) is 0.103. The molecule has 3 heterocycles. The third-order valence-electron chi connectivity index (χ3n) is 6.44. The van der Waals surface area contributed by atoms with Gasteiger partial charge in [0.15, 0.2) is 11.6 Å². The van der Waals surface area contributed by atoms with Crippen molar-refractivity contribution in [3.05, 3.63) is 90.2 Å². The Hall–Kier alpha value is -5.81. The molecule has 262 valence electrons. The Bertz CT molecular complexity index is 1850. The van der Waals surface area contributed by atoms with Gasteiger partial charge >= 0.3 is 24.3 Å². The van der Waals surface area contributed by atoms with Crippen LogP contribution < -0.4 is 15.8 Å². The Morgan fingerprint density at radius 1 is 1.00 bits per heavy atom. The molecule has 5 rings (SSSR count). The molecule has 0 radical (unpaired) electrons. The van der Waals surface area contributed by atoms with E-state index in [9.17, 15) is 26.3 Å². The number of nitrogens with two attached hydrogens (primary N) is 1. The summed E-state index contributed by atoms with van der Waals surface area (Å²) in [5.74, 6) is -4.68. The number of carboxylic acids is 2. The number of hydrogen-bond donors (Lipinski definition) is 5. The molecule has 6 N–H and O–H groups in total. The summed E-state index contributed by atoms with van der Waals surface area (Å²) in [6.45, 7) is 4.24. The highest BCUT2D eigenvalue weighted by atomic mass is 19.4. The minimum atomic E-state index is -5.08. The van der Waals surface area contributed by atoms with Crippen LogP contribution in [0.15, 0.2) is 71.8 Å². The van der Waals surface area contributed by atoms with Gasteiger partial charge in [0.1, 0.15) is 17.7 Å². The largest absolute Gasteiger partial charge is 0.491 e. The number of pyridine rings is 1. The first kappa shape index (κ1) is 37.6. The average molecular weight is 700 g/mol. The Kier molecular flexibility index (Phi) is 12.2. The first-order chi connectivity index (χ1) is 23.0. The summed E-state index contributed by atoms with van der Waals surface area (Å²) < 4.78 is 90.1. The van der Waals surface area contributed by atoms with Crippen LogP contribution in [-0.2, 0) is 16.0 Å². The Morgan fingerprint density at radius 3 is 2.20 bits per heavy atom. The average Bonchev–Trinajstić information content (AvgIpc) is 3.74. The summed E-state index contributed by atoms with van der Waals surface area (Å²) in [7, 11) is 0. The predicted molar refractivity (Wildman–Crippen MR) is 162 cm³/mol. The number of ether oxygens (including phenoxy) is 1. The lowest BCUT2D eigenvalue weighted by atomic mass is 9.99. The van der Waals surface area contributed by atoms with E-state index >= 15 is 4.39 Å². The summed E-state index contributed by atoms with van der Waals surface area (Å²) >= 11 is 0. The summed E-state index contributed by atoms with van der Waals surface area (Å²) in [4.78, 5) is 29.9. The number of carboxylic acid groups (broad SMARTS) is 2. The molecule has 0 saturated heterocycles. The predicted octanol–water partition coefficient (Wildman–Crippen LogP) is 7.37. The molecular formula is C31H28F7N5O6. The number of anilines is 2. The van der Waals surface area contributed by atoms with Crippen LogP contribution in [0.4, 0.5) is 42.2 Å². The normalized spacial score (nSPS) is 11.9. The molecule has 0 fully saturated rings. The molecule has 0 aliphatic heterocycles. The van der Waals surface area contributed by atoms with Crippen LogP contribution in [0.25, 0.3) is 22.0 Å². The van der Waals surface area contributed by atoms with E-state index in [2.05, 4.69) is 20.3 Å². The molecule has 18 heteroatoms. The molecule has 0 spiro atoms. The zero-order valence-corrected chi connectivity index (χ0v) is 25.5. The van der Waals surface area contributed by atoms with Crippen molar-refractivity contribution in [2.24, 2.45) is 0 Å². The third-order valence-corrected chi connectivity index (χ3v) is 6.44. The van der Waals surface area contributed by atoms with Gasteiger partial charge in [-0.3, -0.25) is 0 Å². The highest BCUT2D eigenvalue weighted by molar-refractivity contribution is 5.93. The van der Waals surface area contributed by atoms with Crippen LogP contribution in [0.1, 0.15) is 36.8 Å². The van der Waals surface area contributed by atoms with Crippen LogP contribution in [0.5, 0.6) is 5.75 Å². The van der Waals surface area contributed by atoms with Crippen LogP contribution >= 0.6 is 0 Å². The number of fused-ring (bicyclic) bond motifs is 1. The second kappa shape index (κ2) is 15.9. The number of aromatic nitrogens is 3. The fourth-order valence-electron chi connectivity index (χ4n) is 4.15. The van der Waals surface area contributed by atoms with Gasteiger partial charge in [-0.05, 0) is 60.7 Å². The maximum Gasteiger partial charge on any atom is 0.490 e. The monoisotopic (exact) mass is 699 g/mol. The molecular weight excluding hydrogens is 671 g/mol. The smallest absolute Gasteiger partial charge is 0.490 e. The molecule has 1 unspecified atom stereocenters. The molecule has 1 atom stereocenters. The lowest BCUT2D eigenvalue weighted by Crippen LogP contribution is -2.21. The molecule has 11 nitrogen and oxygen atoms in total. The summed E-state index contributed by atoms with van der Waals surface area (Å²) in [5, 5.41) is 19.5.